The molecule has 0 aromatic heterocycles. The Bertz CT molecular complexity index is 145. The minimum absolute atomic E-state index is 0.837. The molecule has 2 atom stereocenters. The number of nitrogens with two attached hydrogens (primary N) is 1. The predicted octanol–water partition coefficient (Wildman–Crippen LogP) is 1.21. The average molecular weight is 168 g/mol. The molecule has 1 aliphatic heterocycles. The fraction of sp³-hybridized carbons (Fsp3) is 1.00. The molecule has 0 aromatic rings. The third kappa shape index (κ3) is 1.50. The monoisotopic (exact) mass is 168 g/mol. The Morgan fingerprint density at radius 2 is 2.00 bits per heavy atom. The zero-order valence-electron chi connectivity index (χ0n) is 7.84. The molecule has 0 spiro atoms. The first-order valence-corrected chi connectivity index (χ1v) is 5.36. The first-order valence-electron chi connectivity index (χ1n) is 5.36. The molecular formula is C10H20N2. The van der Waals surface area contributed by atoms with Crippen LogP contribution in [-0.2, 0) is 0 Å². The van der Waals surface area contributed by atoms with Gasteiger partial charge in [0.25, 0.3) is 0 Å². The highest BCUT2D eigenvalue weighted by Crippen LogP contribution is 2.36. The van der Waals surface area contributed by atoms with Crippen LogP contribution in [0.3, 0.4) is 0 Å². The van der Waals surface area contributed by atoms with E-state index in [1.54, 1.807) is 0 Å². The number of nitrogens with zero attached hydrogens (tertiary/aromatic N) is 1. The van der Waals surface area contributed by atoms with Gasteiger partial charge in [-0.2, -0.15) is 0 Å². The number of piperidine rings is 1. The van der Waals surface area contributed by atoms with Crippen molar-refractivity contribution in [2.45, 2.75) is 38.1 Å². The first kappa shape index (κ1) is 8.52. The minimum Gasteiger partial charge on any atom is -0.329 e. The van der Waals surface area contributed by atoms with Gasteiger partial charge in [-0.3, -0.25) is 4.90 Å². The molecule has 2 N–H and O–H groups in total. The molecule has 2 heteroatoms. The molecular weight excluding hydrogens is 148 g/mol. The third-order valence-electron chi connectivity index (χ3n) is 3.52. The first-order chi connectivity index (χ1) is 5.92. The molecule has 2 fully saturated rings. The topological polar surface area (TPSA) is 29.3 Å². The van der Waals surface area contributed by atoms with E-state index < -0.39 is 0 Å². The van der Waals surface area contributed by atoms with Gasteiger partial charge in [-0.15, -0.1) is 0 Å². The summed E-state index contributed by atoms with van der Waals surface area (Å²) >= 11 is 0. The lowest BCUT2D eigenvalue weighted by molar-refractivity contribution is 0.117. The van der Waals surface area contributed by atoms with Crippen LogP contribution in [0.25, 0.3) is 0 Å². The van der Waals surface area contributed by atoms with Crippen molar-refractivity contribution in [1.29, 1.82) is 0 Å². The number of fused-ring (bicyclic) bond motifs is 1. The summed E-state index contributed by atoms with van der Waals surface area (Å²) in [6.07, 6.45) is 7.25. The zero-order valence-corrected chi connectivity index (χ0v) is 7.84. The fourth-order valence-electron chi connectivity index (χ4n) is 3.00. The van der Waals surface area contributed by atoms with Crippen LogP contribution in [0.4, 0.5) is 0 Å². The van der Waals surface area contributed by atoms with E-state index in [0.717, 1.165) is 25.0 Å². The van der Waals surface area contributed by atoms with Gasteiger partial charge in [-0.1, -0.05) is 6.42 Å². The van der Waals surface area contributed by atoms with Gasteiger partial charge in [0.2, 0.25) is 0 Å². The summed E-state index contributed by atoms with van der Waals surface area (Å²) in [5.41, 5.74) is 5.60. The van der Waals surface area contributed by atoms with Crippen molar-refractivity contribution in [3.8, 4) is 0 Å². The Morgan fingerprint density at radius 3 is 2.83 bits per heavy atom. The molecule has 12 heavy (non-hydrogen) atoms. The van der Waals surface area contributed by atoms with Crippen LogP contribution in [0.1, 0.15) is 32.1 Å². The Kier molecular flexibility index (Phi) is 2.66. The third-order valence-corrected chi connectivity index (χ3v) is 3.52. The highest BCUT2D eigenvalue weighted by atomic mass is 15.2. The molecule has 1 aliphatic carbocycles. The van der Waals surface area contributed by atoms with Gasteiger partial charge in [0, 0.05) is 19.1 Å². The highest BCUT2D eigenvalue weighted by Gasteiger charge is 2.34. The molecule has 0 aromatic carbocycles. The molecule has 1 heterocycles. The van der Waals surface area contributed by atoms with E-state index >= 15 is 0 Å². The molecule has 2 rings (SSSR count). The lowest BCUT2D eigenvalue weighted by atomic mass is 9.92. The number of rotatable bonds is 2. The van der Waals surface area contributed by atoms with E-state index in [2.05, 4.69) is 4.90 Å². The minimum atomic E-state index is 0.837. The van der Waals surface area contributed by atoms with Crippen molar-refractivity contribution < 1.29 is 0 Å². The van der Waals surface area contributed by atoms with Crippen molar-refractivity contribution in [3.63, 3.8) is 0 Å². The standard InChI is InChI=1S/C10H20N2/c11-6-8-12-7-2-4-9-3-1-5-10(9)12/h9-10H,1-8,11H2/t9-,10+/m0/s1. The second-order valence-corrected chi connectivity index (χ2v) is 4.23. The smallest absolute Gasteiger partial charge is 0.0124 e. The molecule has 0 bridgehead atoms. The van der Waals surface area contributed by atoms with Crippen LogP contribution in [0.15, 0.2) is 0 Å². The number of hydrogen-bond donors (Lipinski definition) is 1. The van der Waals surface area contributed by atoms with Crippen molar-refractivity contribution in [3.05, 3.63) is 0 Å². The van der Waals surface area contributed by atoms with E-state index in [4.69, 9.17) is 5.73 Å². The molecule has 1 saturated carbocycles. The Labute approximate surface area is 75.1 Å². The van der Waals surface area contributed by atoms with Gasteiger partial charge >= 0.3 is 0 Å². The lowest BCUT2D eigenvalue weighted by Gasteiger charge is -2.37. The second-order valence-electron chi connectivity index (χ2n) is 4.23. The normalized spacial score (nSPS) is 36.8. The summed E-state index contributed by atoms with van der Waals surface area (Å²) in [6, 6.07) is 0.905. The van der Waals surface area contributed by atoms with Crippen molar-refractivity contribution >= 4 is 0 Å². The number of hydrogen-bond acceptors (Lipinski definition) is 2. The van der Waals surface area contributed by atoms with Gasteiger partial charge in [0.15, 0.2) is 0 Å². The lowest BCUT2D eigenvalue weighted by Crippen LogP contribution is -2.44. The summed E-state index contributed by atoms with van der Waals surface area (Å²) in [5, 5.41) is 0. The van der Waals surface area contributed by atoms with E-state index in [0.29, 0.717) is 0 Å². The molecule has 0 unspecified atom stereocenters. The highest BCUT2D eigenvalue weighted by molar-refractivity contribution is 4.88. The number of likely N-dealkylation sites (tertiary alicyclic amines) is 1. The molecule has 0 radical (unpaired) electrons. The summed E-state index contributed by atoms with van der Waals surface area (Å²) < 4.78 is 0. The maximum Gasteiger partial charge on any atom is 0.0124 e. The zero-order chi connectivity index (χ0) is 8.39. The summed E-state index contributed by atoms with van der Waals surface area (Å²) in [6.45, 7) is 3.27. The molecule has 0 amide bonds. The summed E-state index contributed by atoms with van der Waals surface area (Å²) in [4.78, 5) is 2.63. The van der Waals surface area contributed by atoms with Crippen molar-refractivity contribution in [2.24, 2.45) is 11.7 Å². The Morgan fingerprint density at radius 1 is 1.17 bits per heavy atom. The second kappa shape index (κ2) is 3.75. The van der Waals surface area contributed by atoms with Gasteiger partial charge in [0.1, 0.15) is 0 Å². The maximum atomic E-state index is 5.60. The fourth-order valence-corrected chi connectivity index (χ4v) is 3.00. The maximum absolute atomic E-state index is 5.60. The molecule has 2 aliphatic rings. The van der Waals surface area contributed by atoms with Crippen molar-refractivity contribution in [1.82, 2.24) is 4.90 Å². The predicted molar refractivity (Wildman–Crippen MR) is 51.0 cm³/mol. The average Bonchev–Trinajstić information content (AvgIpc) is 2.53. The van der Waals surface area contributed by atoms with Crippen LogP contribution < -0.4 is 5.73 Å². The quantitative estimate of drug-likeness (QED) is 0.671. The Hall–Kier alpha value is -0.0800. The molecule has 70 valence electrons. The molecule has 1 saturated heterocycles. The van der Waals surface area contributed by atoms with Crippen LogP contribution >= 0.6 is 0 Å². The van der Waals surface area contributed by atoms with E-state index in [9.17, 15) is 0 Å². The Balaban J connectivity index is 1.94. The van der Waals surface area contributed by atoms with Gasteiger partial charge in [-0.25, -0.2) is 0 Å². The van der Waals surface area contributed by atoms with Crippen molar-refractivity contribution in [2.75, 3.05) is 19.6 Å². The van der Waals surface area contributed by atoms with Gasteiger partial charge in [0.05, 0.1) is 0 Å². The van der Waals surface area contributed by atoms with Crippen LogP contribution in [0.5, 0.6) is 0 Å². The van der Waals surface area contributed by atoms with E-state index in [1.807, 2.05) is 0 Å². The van der Waals surface area contributed by atoms with E-state index in [-0.39, 0.29) is 0 Å². The largest absolute Gasteiger partial charge is 0.329 e. The SMILES string of the molecule is NCCN1CCC[C@@H]2CCC[C@H]21. The summed E-state index contributed by atoms with van der Waals surface area (Å²) in [5.74, 6) is 1.02. The van der Waals surface area contributed by atoms with Gasteiger partial charge in [-0.05, 0) is 38.1 Å². The molecule has 2 nitrogen and oxygen atoms in total. The van der Waals surface area contributed by atoms with Crippen LogP contribution in [0.2, 0.25) is 0 Å². The van der Waals surface area contributed by atoms with Crippen LogP contribution in [-0.4, -0.2) is 30.6 Å². The van der Waals surface area contributed by atoms with E-state index in [1.165, 1.54) is 38.6 Å². The van der Waals surface area contributed by atoms with Crippen LogP contribution in [0, 0.1) is 5.92 Å². The summed E-state index contributed by atoms with van der Waals surface area (Å²) in [7, 11) is 0. The van der Waals surface area contributed by atoms with Gasteiger partial charge < -0.3 is 5.73 Å².